The van der Waals surface area contributed by atoms with Gasteiger partial charge in [-0.25, -0.2) is 9.59 Å². The van der Waals surface area contributed by atoms with E-state index in [1.54, 1.807) is 4.90 Å². The summed E-state index contributed by atoms with van der Waals surface area (Å²) in [6.45, 7) is 14.9. The third kappa shape index (κ3) is 9.60. The van der Waals surface area contributed by atoms with E-state index in [4.69, 9.17) is 14.5 Å². The van der Waals surface area contributed by atoms with E-state index in [1.807, 2.05) is 102 Å². The monoisotopic (exact) mass is 521 g/mol. The van der Waals surface area contributed by atoms with Gasteiger partial charge in [0, 0.05) is 37.3 Å². The lowest BCUT2D eigenvalue weighted by molar-refractivity contribution is -0.156. The van der Waals surface area contributed by atoms with Crippen molar-refractivity contribution in [1.82, 2.24) is 9.80 Å². The van der Waals surface area contributed by atoms with Crippen molar-refractivity contribution in [3.8, 4) is 0 Å². The fourth-order valence-electron chi connectivity index (χ4n) is 4.26. The highest BCUT2D eigenvalue weighted by atomic mass is 16.6. The lowest BCUT2D eigenvalue weighted by Gasteiger charge is -2.35. The Morgan fingerprint density at radius 3 is 1.76 bits per heavy atom. The van der Waals surface area contributed by atoms with E-state index in [2.05, 4.69) is 4.90 Å². The highest BCUT2D eigenvalue weighted by Gasteiger charge is 2.28. The molecule has 0 aliphatic carbocycles. The van der Waals surface area contributed by atoms with Crippen LogP contribution in [0.4, 0.5) is 4.79 Å². The number of esters is 1. The van der Waals surface area contributed by atoms with Crippen LogP contribution >= 0.6 is 0 Å². The lowest BCUT2D eigenvalue weighted by Crippen LogP contribution is -2.50. The van der Waals surface area contributed by atoms with Gasteiger partial charge in [-0.15, -0.1) is 0 Å². The summed E-state index contributed by atoms with van der Waals surface area (Å²) in [5.74, 6) is -0.309. The van der Waals surface area contributed by atoms with Crippen molar-refractivity contribution in [3.05, 3.63) is 71.8 Å². The average molecular weight is 522 g/mol. The molecular weight excluding hydrogens is 478 g/mol. The predicted molar refractivity (Wildman–Crippen MR) is 152 cm³/mol. The first-order valence-corrected chi connectivity index (χ1v) is 13.5. The number of hydrogen-bond acceptors (Lipinski definition) is 6. The first-order valence-electron chi connectivity index (χ1n) is 13.5. The quantitative estimate of drug-likeness (QED) is 0.336. The Hall–Kier alpha value is -3.19. The largest absolute Gasteiger partial charge is 0.458 e. The number of nitrogens with zero attached hydrogens (tertiary/aromatic N) is 3. The maximum absolute atomic E-state index is 13.3. The van der Waals surface area contributed by atoms with E-state index in [9.17, 15) is 9.59 Å². The van der Waals surface area contributed by atoms with Gasteiger partial charge in [-0.05, 0) is 60.9 Å². The van der Waals surface area contributed by atoms with Crippen LogP contribution in [-0.2, 0) is 14.3 Å². The molecule has 0 spiro atoms. The van der Waals surface area contributed by atoms with Crippen LogP contribution in [-0.4, -0.2) is 77.5 Å². The fraction of sp³-hybridized carbons (Fsp3) is 0.516. The Labute approximate surface area is 227 Å². The molecule has 7 nitrogen and oxygen atoms in total. The molecule has 1 fully saturated rings. The van der Waals surface area contributed by atoms with Crippen LogP contribution in [0.25, 0.3) is 0 Å². The number of benzene rings is 2. The van der Waals surface area contributed by atoms with Gasteiger partial charge in [-0.3, -0.25) is 9.89 Å². The molecule has 2 aromatic rings. The molecule has 0 N–H and O–H groups in total. The van der Waals surface area contributed by atoms with Gasteiger partial charge in [0.05, 0.1) is 5.71 Å². The molecular formula is C31H43N3O4. The summed E-state index contributed by atoms with van der Waals surface area (Å²) >= 11 is 0. The van der Waals surface area contributed by atoms with E-state index in [-0.39, 0.29) is 12.1 Å². The molecule has 38 heavy (non-hydrogen) atoms. The Bertz CT molecular complexity index is 1020. The smallest absolute Gasteiger partial charge is 0.410 e. The number of aliphatic imine (C=N–C) groups is 1. The molecule has 1 amide bonds. The topological polar surface area (TPSA) is 71.4 Å². The van der Waals surface area contributed by atoms with Gasteiger partial charge in [0.25, 0.3) is 0 Å². The predicted octanol–water partition coefficient (Wildman–Crippen LogP) is 5.57. The molecule has 1 aliphatic heterocycles. The number of amides is 1. The number of carbonyl (C=O) groups excluding carboxylic acids is 2. The third-order valence-corrected chi connectivity index (χ3v) is 6.03. The zero-order chi connectivity index (χ0) is 27.8. The second-order valence-electron chi connectivity index (χ2n) is 11.7. The zero-order valence-corrected chi connectivity index (χ0v) is 23.8. The average Bonchev–Trinajstić information content (AvgIpc) is 2.85. The highest BCUT2D eigenvalue weighted by Crippen LogP contribution is 2.19. The maximum Gasteiger partial charge on any atom is 0.410 e. The van der Waals surface area contributed by atoms with Crippen LogP contribution in [0.5, 0.6) is 0 Å². The summed E-state index contributed by atoms with van der Waals surface area (Å²) in [6, 6.07) is 19.3. The standard InChI is InChI=1S/C31H43N3O4/c1-30(2,3)37-28(35)26(32-27(24-14-9-7-10-15-24)25-16-11-8-12-17-25)18-13-19-33-20-22-34(23-21-33)29(36)38-31(4,5)6/h7-12,14-17,26H,13,18-23H2,1-6H3. The zero-order valence-electron chi connectivity index (χ0n) is 23.8. The summed E-state index contributed by atoms with van der Waals surface area (Å²) in [5.41, 5.74) is 1.62. The second-order valence-corrected chi connectivity index (χ2v) is 11.7. The number of piperazine rings is 1. The van der Waals surface area contributed by atoms with E-state index in [1.165, 1.54) is 0 Å². The molecule has 0 radical (unpaired) electrons. The summed E-state index contributed by atoms with van der Waals surface area (Å²) in [7, 11) is 0. The molecule has 0 saturated carbocycles. The Morgan fingerprint density at radius 1 is 0.789 bits per heavy atom. The first kappa shape index (κ1) is 29.4. The number of ether oxygens (including phenoxy) is 2. The van der Waals surface area contributed by atoms with Crippen molar-refractivity contribution >= 4 is 17.8 Å². The van der Waals surface area contributed by atoms with Gasteiger partial charge in [0.1, 0.15) is 17.2 Å². The summed E-state index contributed by atoms with van der Waals surface area (Å²) < 4.78 is 11.3. The van der Waals surface area contributed by atoms with Gasteiger partial charge in [-0.1, -0.05) is 60.7 Å². The Morgan fingerprint density at radius 2 is 1.29 bits per heavy atom. The number of hydrogen-bond donors (Lipinski definition) is 0. The van der Waals surface area contributed by atoms with E-state index < -0.39 is 17.2 Å². The molecule has 1 unspecified atom stereocenters. The molecule has 1 saturated heterocycles. The molecule has 1 atom stereocenters. The van der Waals surface area contributed by atoms with Crippen molar-refractivity contribution in [2.45, 2.75) is 71.6 Å². The highest BCUT2D eigenvalue weighted by molar-refractivity contribution is 6.13. The molecule has 206 valence electrons. The van der Waals surface area contributed by atoms with Crippen molar-refractivity contribution in [2.75, 3.05) is 32.7 Å². The third-order valence-electron chi connectivity index (χ3n) is 6.03. The summed E-state index contributed by atoms with van der Waals surface area (Å²) in [5, 5.41) is 0. The molecule has 7 heteroatoms. The molecule has 3 rings (SSSR count). The van der Waals surface area contributed by atoms with Crippen molar-refractivity contribution in [3.63, 3.8) is 0 Å². The van der Waals surface area contributed by atoms with Crippen molar-refractivity contribution in [1.29, 1.82) is 0 Å². The van der Waals surface area contributed by atoms with Gasteiger partial charge < -0.3 is 14.4 Å². The van der Waals surface area contributed by atoms with E-state index in [0.29, 0.717) is 19.5 Å². The normalized spacial score (nSPS) is 15.5. The van der Waals surface area contributed by atoms with Crippen molar-refractivity contribution < 1.29 is 19.1 Å². The molecule has 1 aliphatic rings. The minimum atomic E-state index is -0.618. The minimum Gasteiger partial charge on any atom is -0.458 e. The van der Waals surface area contributed by atoms with Crippen LogP contribution in [0.2, 0.25) is 0 Å². The fourth-order valence-corrected chi connectivity index (χ4v) is 4.26. The van der Waals surface area contributed by atoms with Gasteiger partial charge in [-0.2, -0.15) is 0 Å². The SMILES string of the molecule is CC(C)(C)OC(=O)C(CCCN1CCN(C(=O)OC(C)(C)C)CC1)N=C(c1ccccc1)c1ccccc1. The second kappa shape index (κ2) is 13.1. The Kier molecular flexibility index (Phi) is 10.1. The van der Waals surface area contributed by atoms with Crippen molar-refractivity contribution in [2.24, 2.45) is 4.99 Å². The van der Waals surface area contributed by atoms with Crippen LogP contribution in [0.15, 0.2) is 65.7 Å². The Balaban J connectivity index is 1.70. The lowest BCUT2D eigenvalue weighted by atomic mass is 10.0. The summed E-state index contributed by atoms with van der Waals surface area (Å²) in [6.07, 6.45) is 1.10. The minimum absolute atomic E-state index is 0.258. The number of carbonyl (C=O) groups is 2. The number of rotatable bonds is 8. The molecule has 1 heterocycles. The summed E-state index contributed by atoms with van der Waals surface area (Å²) in [4.78, 5) is 34.7. The first-order chi connectivity index (χ1) is 17.9. The van der Waals surface area contributed by atoms with Gasteiger partial charge in [0.2, 0.25) is 0 Å². The molecule has 2 aromatic carbocycles. The van der Waals surface area contributed by atoms with E-state index in [0.717, 1.165) is 42.9 Å². The van der Waals surface area contributed by atoms with Gasteiger partial charge in [0.15, 0.2) is 0 Å². The van der Waals surface area contributed by atoms with Crippen LogP contribution in [0.3, 0.4) is 0 Å². The van der Waals surface area contributed by atoms with Crippen LogP contribution in [0, 0.1) is 0 Å². The molecule has 0 aromatic heterocycles. The van der Waals surface area contributed by atoms with Crippen LogP contribution in [0.1, 0.15) is 65.5 Å². The van der Waals surface area contributed by atoms with Gasteiger partial charge >= 0.3 is 12.1 Å². The molecule has 0 bridgehead atoms. The van der Waals surface area contributed by atoms with Crippen LogP contribution < -0.4 is 0 Å². The maximum atomic E-state index is 13.3. The van der Waals surface area contributed by atoms with E-state index >= 15 is 0 Å².